The van der Waals surface area contributed by atoms with Crippen LogP contribution in [0.4, 0.5) is 5.82 Å². The number of halogens is 1. The molecule has 0 saturated carbocycles. The number of hydrogen-bond donors (Lipinski definition) is 0. The molecule has 2 atom stereocenters. The molecule has 4 heterocycles. The third kappa shape index (κ3) is 3.60. The first kappa shape index (κ1) is 18.4. The Kier molecular flexibility index (Phi) is 4.95. The van der Waals surface area contributed by atoms with E-state index in [2.05, 4.69) is 14.9 Å². The van der Waals surface area contributed by atoms with E-state index in [4.69, 9.17) is 21.8 Å². The molecule has 0 amide bonds. The zero-order valence-electron chi connectivity index (χ0n) is 14.9. The Morgan fingerprint density at radius 1 is 1.44 bits per heavy atom. The van der Waals surface area contributed by atoms with Crippen molar-refractivity contribution in [3.05, 3.63) is 45.5 Å². The molecular weight excluding hydrogens is 384 g/mol. The monoisotopic (exact) mass is 402 g/mol. The quantitative estimate of drug-likeness (QED) is 0.256. The molecule has 2 unspecified atom stereocenters. The van der Waals surface area contributed by atoms with Gasteiger partial charge in [-0.25, -0.2) is 15.0 Å². The minimum absolute atomic E-state index is 0.165. The molecule has 0 N–H and O–H groups in total. The zero-order chi connectivity index (χ0) is 19.0. The van der Waals surface area contributed by atoms with E-state index in [1.54, 1.807) is 18.3 Å². The topological polar surface area (TPSA) is 88.8 Å². The summed E-state index contributed by atoms with van der Waals surface area (Å²) >= 11 is 7.74. The average molecular weight is 403 g/mol. The molecule has 0 bridgehead atoms. The highest BCUT2D eigenvalue weighted by Crippen LogP contribution is 2.36. The normalized spacial score (nSPS) is 24.1. The highest BCUT2D eigenvalue weighted by atomic mass is 35.5. The first-order valence-corrected chi connectivity index (χ1v) is 10.4. The number of anilines is 1. The maximum Gasteiger partial charge on any atom is 0.189 e. The van der Waals surface area contributed by atoms with E-state index in [-0.39, 0.29) is 23.4 Å². The summed E-state index contributed by atoms with van der Waals surface area (Å²) < 4.78 is -0.427. The molecule has 0 radical (unpaired) electrons. The van der Waals surface area contributed by atoms with E-state index < -0.39 is 4.65 Å². The third-order valence-corrected chi connectivity index (χ3v) is 6.04. The van der Waals surface area contributed by atoms with Gasteiger partial charge < -0.3 is 14.8 Å². The lowest BCUT2D eigenvalue weighted by molar-refractivity contribution is -0.907. The summed E-state index contributed by atoms with van der Waals surface area (Å²) in [4.78, 5) is 15.4. The van der Waals surface area contributed by atoms with Crippen molar-refractivity contribution in [1.29, 1.82) is 5.26 Å². The van der Waals surface area contributed by atoms with Crippen LogP contribution in [0.5, 0.6) is 0 Å². The fraction of sp³-hybridized carbons (Fsp3) is 0.444. The molecule has 2 aromatic heterocycles. The van der Waals surface area contributed by atoms with Gasteiger partial charge in [0.15, 0.2) is 5.16 Å². The van der Waals surface area contributed by atoms with Gasteiger partial charge in [-0.1, -0.05) is 23.4 Å². The summed E-state index contributed by atoms with van der Waals surface area (Å²) in [6.07, 6.45) is 5.79. The van der Waals surface area contributed by atoms with Crippen LogP contribution in [0.1, 0.15) is 29.7 Å². The fourth-order valence-electron chi connectivity index (χ4n) is 3.98. The van der Waals surface area contributed by atoms with E-state index >= 15 is 0 Å². The largest absolute Gasteiger partial charge is 0.632 e. The van der Waals surface area contributed by atoms with E-state index in [9.17, 15) is 5.21 Å². The van der Waals surface area contributed by atoms with Crippen LogP contribution in [0.15, 0.2) is 23.5 Å². The molecule has 0 aliphatic carbocycles. The number of pyridine rings is 1. The van der Waals surface area contributed by atoms with Crippen LogP contribution in [-0.4, -0.2) is 45.0 Å². The Bertz CT molecular complexity index is 919. The molecule has 1 saturated heterocycles. The van der Waals surface area contributed by atoms with Crippen molar-refractivity contribution in [2.24, 2.45) is 0 Å². The highest BCUT2D eigenvalue weighted by Gasteiger charge is 2.38. The van der Waals surface area contributed by atoms with Crippen molar-refractivity contribution in [3.8, 4) is 6.07 Å². The van der Waals surface area contributed by atoms with Crippen LogP contribution in [0, 0.1) is 16.5 Å². The molecule has 27 heavy (non-hydrogen) atoms. The molecule has 140 valence electrons. The van der Waals surface area contributed by atoms with Crippen molar-refractivity contribution in [2.75, 3.05) is 24.2 Å². The van der Waals surface area contributed by atoms with Crippen LogP contribution in [0.25, 0.3) is 0 Å². The maximum atomic E-state index is 13.8. The lowest BCUT2D eigenvalue weighted by atomic mass is 10.1. The maximum absolute atomic E-state index is 13.8. The molecule has 1 fully saturated rings. The number of rotatable bonds is 3. The molecule has 0 aromatic carbocycles. The highest BCUT2D eigenvalue weighted by molar-refractivity contribution is 7.98. The number of hydrogen-bond acceptors (Lipinski definition) is 7. The minimum Gasteiger partial charge on any atom is -0.632 e. The predicted molar refractivity (Wildman–Crippen MR) is 104 cm³/mol. The van der Waals surface area contributed by atoms with Crippen LogP contribution >= 0.6 is 23.4 Å². The number of fused-ring (bicyclic) bond motifs is 3. The average Bonchev–Trinajstić information content (AvgIpc) is 3.06. The van der Waals surface area contributed by atoms with E-state index in [0.29, 0.717) is 18.7 Å². The second kappa shape index (κ2) is 7.24. The van der Waals surface area contributed by atoms with Gasteiger partial charge in [0, 0.05) is 18.3 Å². The molecule has 2 aromatic rings. The molecular formula is C18H19ClN6OS. The summed E-state index contributed by atoms with van der Waals surface area (Å²) in [7, 11) is 0. The van der Waals surface area contributed by atoms with Gasteiger partial charge >= 0.3 is 0 Å². The zero-order valence-corrected chi connectivity index (χ0v) is 16.5. The predicted octanol–water partition coefficient (Wildman–Crippen LogP) is 3.12. The van der Waals surface area contributed by atoms with Gasteiger partial charge in [-0.2, -0.15) is 5.26 Å². The van der Waals surface area contributed by atoms with E-state index in [1.807, 2.05) is 12.3 Å². The third-order valence-electron chi connectivity index (χ3n) is 5.15. The fourth-order valence-corrected chi connectivity index (χ4v) is 4.53. The number of nitriles is 1. The van der Waals surface area contributed by atoms with Gasteiger partial charge in [0.1, 0.15) is 35.8 Å². The van der Waals surface area contributed by atoms with E-state index in [0.717, 1.165) is 35.9 Å². The number of aromatic nitrogens is 3. The summed E-state index contributed by atoms with van der Waals surface area (Å²) in [5, 5.41) is 23.7. The second-order valence-electron chi connectivity index (χ2n) is 7.01. The minimum atomic E-state index is -0.427. The molecule has 9 heteroatoms. The Morgan fingerprint density at radius 3 is 3.04 bits per heavy atom. The summed E-state index contributed by atoms with van der Waals surface area (Å²) in [5.41, 5.74) is 1.80. The number of thioether (sulfide) groups is 1. The standard InChI is InChI=1S/C18H19ClN6OS/c1-27-18-21-8-13-10-25(26,9-12-4-5-14(7-20)22-16(12)19)11-15-3-2-6-24(15)17(13)23-18/h4-5,8,15H,2-3,6,9-11H2,1H3. The molecule has 7 nitrogen and oxygen atoms in total. The summed E-state index contributed by atoms with van der Waals surface area (Å²) in [5.74, 6) is 0.900. The van der Waals surface area contributed by atoms with Gasteiger partial charge in [0.2, 0.25) is 0 Å². The van der Waals surface area contributed by atoms with Gasteiger partial charge in [0.05, 0.1) is 18.2 Å². The van der Waals surface area contributed by atoms with Crippen molar-refractivity contribution in [3.63, 3.8) is 0 Å². The van der Waals surface area contributed by atoms with E-state index in [1.165, 1.54) is 11.8 Å². The first-order chi connectivity index (χ1) is 13.0. The molecule has 4 rings (SSSR count). The first-order valence-electron chi connectivity index (χ1n) is 8.80. The van der Waals surface area contributed by atoms with Crippen molar-refractivity contribution >= 4 is 29.2 Å². The van der Waals surface area contributed by atoms with Crippen LogP contribution in [0.2, 0.25) is 5.15 Å². The van der Waals surface area contributed by atoms with Crippen LogP contribution in [0.3, 0.4) is 0 Å². The lowest BCUT2D eigenvalue weighted by Crippen LogP contribution is -2.47. The molecule has 0 spiro atoms. The van der Waals surface area contributed by atoms with Crippen LogP contribution in [-0.2, 0) is 13.1 Å². The van der Waals surface area contributed by atoms with Gasteiger partial charge in [-0.3, -0.25) is 0 Å². The SMILES string of the molecule is CSc1ncc2c(n1)N1CCCC1C[N+]([O-])(Cc1ccc(C#N)nc1Cl)C2. The summed E-state index contributed by atoms with van der Waals surface area (Å²) in [6.45, 7) is 1.90. The van der Waals surface area contributed by atoms with Crippen LogP contribution < -0.4 is 4.90 Å². The Hall–Kier alpha value is -1.92. The second-order valence-corrected chi connectivity index (χ2v) is 8.14. The van der Waals surface area contributed by atoms with Gasteiger partial charge in [-0.05, 0) is 31.2 Å². The van der Waals surface area contributed by atoms with Crippen molar-refractivity contribution in [1.82, 2.24) is 15.0 Å². The summed E-state index contributed by atoms with van der Waals surface area (Å²) in [6, 6.07) is 5.47. The Morgan fingerprint density at radius 2 is 2.30 bits per heavy atom. The Balaban J connectivity index is 1.69. The van der Waals surface area contributed by atoms with Crippen molar-refractivity contribution < 1.29 is 4.65 Å². The number of quaternary nitrogens is 1. The number of nitrogens with zero attached hydrogens (tertiary/aromatic N) is 6. The smallest absolute Gasteiger partial charge is 0.189 e. The van der Waals surface area contributed by atoms with Gasteiger partial charge in [-0.15, -0.1) is 0 Å². The van der Waals surface area contributed by atoms with Gasteiger partial charge in [0.25, 0.3) is 0 Å². The number of hydroxylamine groups is 3. The Labute approximate surface area is 167 Å². The molecule has 2 aliphatic heterocycles. The molecule has 2 aliphatic rings. The van der Waals surface area contributed by atoms with Crippen molar-refractivity contribution in [2.45, 2.75) is 37.1 Å². The lowest BCUT2D eigenvalue weighted by Gasteiger charge is -2.43.